The van der Waals surface area contributed by atoms with E-state index < -0.39 is 16.1 Å². The van der Waals surface area contributed by atoms with E-state index in [4.69, 9.17) is 4.52 Å². The van der Waals surface area contributed by atoms with E-state index in [1.807, 2.05) is 6.07 Å². The molecule has 2 aliphatic heterocycles. The highest BCUT2D eigenvalue weighted by Crippen LogP contribution is 2.33. The van der Waals surface area contributed by atoms with E-state index >= 15 is 0 Å². The van der Waals surface area contributed by atoms with Crippen molar-refractivity contribution in [3.8, 4) is 0 Å². The van der Waals surface area contributed by atoms with Crippen molar-refractivity contribution in [1.82, 2.24) is 14.4 Å². The summed E-state index contributed by atoms with van der Waals surface area (Å²) in [6, 6.07) is 8.77. The molecule has 1 aromatic carbocycles. The van der Waals surface area contributed by atoms with Crippen LogP contribution in [0.15, 0.2) is 50.9 Å². The maximum Gasteiger partial charge on any atom is 0.256 e. The van der Waals surface area contributed by atoms with Crippen molar-refractivity contribution < 1.29 is 22.8 Å². The van der Waals surface area contributed by atoms with Gasteiger partial charge < -0.3 is 14.5 Å². The average molecular weight is 403 g/mol. The second-order valence-electron chi connectivity index (χ2n) is 7.14. The standard InChI is InChI=1S/C19H21N3O5S/c1-12-18(13(2)27-20-12)28(25,26)22-10-15-8-21(9-16(15)11-22)19(24)17(23)14-6-4-3-5-7-14/h3-7,17,23H,8-11H2,1-2H3/t17-/m1/s1. The fourth-order valence-electron chi connectivity index (χ4n) is 3.79. The topological polar surface area (TPSA) is 104 Å². The normalized spacial score (nSPS) is 18.6. The van der Waals surface area contributed by atoms with E-state index in [-0.39, 0.29) is 29.7 Å². The number of sulfonamides is 1. The lowest BCUT2D eigenvalue weighted by atomic mass is 10.1. The molecule has 0 fully saturated rings. The number of nitrogens with zero attached hydrogens (tertiary/aromatic N) is 3. The van der Waals surface area contributed by atoms with Gasteiger partial charge in [0.05, 0.1) is 0 Å². The maximum atomic E-state index is 13.0. The zero-order valence-electron chi connectivity index (χ0n) is 15.6. The lowest BCUT2D eigenvalue weighted by Crippen LogP contribution is -2.38. The van der Waals surface area contributed by atoms with Gasteiger partial charge in [-0.15, -0.1) is 0 Å². The van der Waals surface area contributed by atoms with Gasteiger partial charge in [0.1, 0.15) is 10.6 Å². The van der Waals surface area contributed by atoms with Gasteiger partial charge in [-0.2, -0.15) is 4.31 Å². The highest BCUT2D eigenvalue weighted by molar-refractivity contribution is 7.89. The fraction of sp³-hybridized carbons (Fsp3) is 0.368. The molecule has 0 saturated heterocycles. The molecule has 0 spiro atoms. The van der Waals surface area contributed by atoms with E-state index in [0.717, 1.165) is 11.1 Å². The monoisotopic (exact) mass is 403 g/mol. The molecule has 0 saturated carbocycles. The number of carbonyl (C=O) groups is 1. The number of hydrogen-bond acceptors (Lipinski definition) is 6. The largest absolute Gasteiger partial charge is 0.378 e. The Bertz CT molecular complexity index is 1020. The third-order valence-corrected chi connectivity index (χ3v) is 7.26. The first kappa shape index (κ1) is 18.9. The van der Waals surface area contributed by atoms with Crippen LogP contribution in [0.4, 0.5) is 0 Å². The molecule has 0 radical (unpaired) electrons. The summed E-state index contributed by atoms with van der Waals surface area (Å²) < 4.78 is 32.3. The number of benzene rings is 1. The number of aromatic nitrogens is 1. The molecular formula is C19H21N3O5S. The van der Waals surface area contributed by atoms with Crippen molar-refractivity contribution in [3.05, 3.63) is 58.5 Å². The summed E-state index contributed by atoms with van der Waals surface area (Å²) in [5.41, 5.74) is 2.70. The van der Waals surface area contributed by atoms with Gasteiger partial charge >= 0.3 is 0 Å². The van der Waals surface area contributed by atoms with Crippen LogP contribution in [-0.4, -0.2) is 60.0 Å². The molecule has 2 aliphatic rings. The van der Waals surface area contributed by atoms with Crippen LogP contribution < -0.4 is 0 Å². The summed E-state index contributed by atoms with van der Waals surface area (Å²) in [7, 11) is -3.71. The van der Waals surface area contributed by atoms with Crippen molar-refractivity contribution >= 4 is 15.9 Å². The van der Waals surface area contributed by atoms with Crippen molar-refractivity contribution in [2.75, 3.05) is 26.2 Å². The molecule has 8 nitrogen and oxygen atoms in total. The molecule has 4 rings (SSSR count). The lowest BCUT2D eigenvalue weighted by Gasteiger charge is -2.24. The van der Waals surface area contributed by atoms with Crippen LogP contribution in [0.5, 0.6) is 0 Å². The van der Waals surface area contributed by atoms with Crippen LogP contribution in [-0.2, 0) is 14.8 Å². The molecule has 9 heteroatoms. The Balaban J connectivity index is 1.45. The number of amides is 1. The molecule has 3 heterocycles. The molecular weight excluding hydrogens is 382 g/mol. The Labute approximate surface area is 163 Å². The van der Waals surface area contributed by atoms with Gasteiger partial charge in [-0.25, -0.2) is 8.42 Å². The molecule has 1 aromatic heterocycles. The summed E-state index contributed by atoms with van der Waals surface area (Å²) >= 11 is 0. The lowest BCUT2D eigenvalue weighted by molar-refractivity contribution is -0.139. The second kappa shape index (κ2) is 6.84. The number of rotatable bonds is 4. The van der Waals surface area contributed by atoms with Gasteiger partial charge in [-0.3, -0.25) is 4.79 Å². The first-order chi connectivity index (χ1) is 13.3. The molecule has 1 amide bonds. The first-order valence-corrected chi connectivity index (χ1v) is 10.4. The second-order valence-corrected chi connectivity index (χ2v) is 9.02. The van der Waals surface area contributed by atoms with Crippen LogP contribution in [0.1, 0.15) is 23.1 Å². The van der Waals surface area contributed by atoms with Gasteiger partial charge in [-0.1, -0.05) is 35.5 Å². The Hall–Kier alpha value is -2.49. The van der Waals surface area contributed by atoms with Gasteiger partial charge in [0.2, 0.25) is 10.0 Å². The number of aryl methyl sites for hydroxylation is 2. The molecule has 1 atom stereocenters. The van der Waals surface area contributed by atoms with Crippen molar-refractivity contribution in [3.63, 3.8) is 0 Å². The minimum absolute atomic E-state index is 0.112. The highest BCUT2D eigenvalue weighted by atomic mass is 32.2. The third-order valence-electron chi connectivity index (χ3n) is 5.22. The number of aliphatic hydroxyl groups is 1. The Morgan fingerprint density at radius 2 is 1.71 bits per heavy atom. The maximum absolute atomic E-state index is 13.0. The minimum Gasteiger partial charge on any atom is -0.378 e. The number of carbonyl (C=O) groups excluding carboxylic acids is 1. The van der Waals surface area contributed by atoms with Crippen LogP contribution in [0.3, 0.4) is 0 Å². The van der Waals surface area contributed by atoms with E-state index in [0.29, 0.717) is 24.3 Å². The average Bonchev–Trinajstić information content (AvgIpc) is 3.34. The van der Waals surface area contributed by atoms with Crippen LogP contribution in [0.25, 0.3) is 0 Å². The zero-order chi connectivity index (χ0) is 20.1. The molecule has 2 aromatic rings. The summed E-state index contributed by atoms with van der Waals surface area (Å²) in [6.07, 6.45) is -1.22. The Kier molecular flexibility index (Phi) is 4.60. The molecule has 148 valence electrons. The molecule has 0 aliphatic carbocycles. The van der Waals surface area contributed by atoms with E-state index in [9.17, 15) is 18.3 Å². The highest BCUT2D eigenvalue weighted by Gasteiger charge is 2.40. The first-order valence-electron chi connectivity index (χ1n) is 8.93. The summed E-state index contributed by atoms with van der Waals surface area (Å²) in [6.45, 7) is 4.29. The van der Waals surface area contributed by atoms with Gasteiger partial charge in [-0.05, 0) is 30.6 Å². The molecule has 0 unspecified atom stereocenters. The summed E-state index contributed by atoms with van der Waals surface area (Å²) in [5.74, 6) is -0.104. The predicted octanol–water partition coefficient (Wildman–Crippen LogP) is 1.17. The van der Waals surface area contributed by atoms with Crippen molar-refractivity contribution in [2.45, 2.75) is 24.8 Å². The van der Waals surface area contributed by atoms with Gasteiger partial charge in [0.15, 0.2) is 11.9 Å². The van der Waals surface area contributed by atoms with Crippen LogP contribution in [0.2, 0.25) is 0 Å². The van der Waals surface area contributed by atoms with E-state index in [1.54, 1.807) is 43.0 Å². The van der Waals surface area contributed by atoms with Crippen LogP contribution >= 0.6 is 0 Å². The number of hydrogen-bond donors (Lipinski definition) is 1. The quantitative estimate of drug-likeness (QED) is 0.769. The number of aliphatic hydroxyl groups excluding tert-OH is 1. The van der Waals surface area contributed by atoms with Gasteiger partial charge in [0.25, 0.3) is 5.91 Å². The minimum atomic E-state index is -3.71. The molecule has 1 N–H and O–H groups in total. The predicted molar refractivity (Wildman–Crippen MR) is 99.7 cm³/mol. The molecule has 0 bridgehead atoms. The van der Waals surface area contributed by atoms with Crippen molar-refractivity contribution in [2.24, 2.45) is 0 Å². The van der Waals surface area contributed by atoms with E-state index in [2.05, 4.69) is 5.16 Å². The Morgan fingerprint density at radius 1 is 1.11 bits per heavy atom. The smallest absolute Gasteiger partial charge is 0.256 e. The summed E-state index contributed by atoms with van der Waals surface area (Å²) in [4.78, 5) is 14.3. The SMILES string of the molecule is Cc1noc(C)c1S(=O)(=O)N1CC2=C(CN(C(=O)[C@H](O)c3ccccc3)C2)C1. The summed E-state index contributed by atoms with van der Waals surface area (Å²) in [5, 5.41) is 14.1. The van der Waals surface area contributed by atoms with Gasteiger partial charge in [0, 0.05) is 26.2 Å². The van der Waals surface area contributed by atoms with Crippen LogP contribution in [0, 0.1) is 13.8 Å². The zero-order valence-corrected chi connectivity index (χ0v) is 16.4. The Morgan fingerprint density at radius 3 is 2.25 bits per heavy atom. The fourth-order valence-corrected chi connectivity index (χ4v) is 5.52. The van der Waals surface area contributed by atoms with Crippen molar-refractivity contribution in [1.29, 1.82) is 0 Å². The third kappa shape index (κ3) is 3.05. The van der Waals surface area contributed by atoms with E-state index in [1.165, 1.54) is 4.31 Å². The molecule has 28 heavy (non-hydrogen) atoms.